The van der Waals surface area contributed by atoms with Crippen LogP contribution >= 0.6 is 0 Å². The van der Waals surface area contributed by atoms with Crippen LogP contribution in [0.2, 0.25) is 0 Å². The van der Waals surface area contributed by atoms with Crippen LogP contribution in [0.3, 0.4) is 0 Å². The van der Waals surface area contributed by atoms with Crippen LogP contribution < -0.4 is 15.0 Å². The summed E-state index contributed by atoms with van der Waals surface area (Å²) in [6.45, 7) is 8.23. The predicted octanol–water partition coefficient (Wildman–Crippen LogP) is 1.97. The van der Waals surface area contributed by atoms with Crippen molar-refractivity contribution in [2.75, 3.05) is 51.0 Å². The third-order valence-electron chi connectivity index (χ3n) is 5.16. The lowest BCUT2D eigenvalue weighted by Crippen LogP contribution is -2.41. The van der Waals surface area contributed by atoms with E-state index in [0.717, 1.165) is 43.9 Å². The van der Waals surface area contributed by atoms with Crippen LogP contribution in [0.1, 0.15) is 23.6 Å². The molecule has 9 heteroatoms. The Morgan fingerprint density at radius 2 is 1.97 bits per heavy atom. The van der Waals surface area contributed by atoms with E-state index in [0.29, 0.717) is 31.9 Å². The zero-order valence-electron chi connectivity index (χ0n) is 18.0. The average molecular weight is 438 g/mol. The van der Waals surface area contributed by atoms with E-state index in [4.69, 9.17) is 19.7 Å². The summed E-state index contributed by atoms with van der Waals surface area (Å²) in [6.07, 6.45) is 2.83. The van der Waals surface area contributed by atoms with Gasteiger partial charge in [0.1, 0.15) is 25.1 Å². The first-order valence-electron chi connectivity index (χ1n) is 10.4. The lowest BCUT2D eigenvalue weighted by Gasteiger charge is -2.35. The van der Waals surface area contributed by atoms with Crippen molar-refractivity contribution in [3.63, 3.8) is 0 Å². The number of hydrogen-bond acceptors (Lipinski definition) is 6. The van der Waals surface area contributed by atoms with E-state index >= 15 is 0 Å². The first kappa shape index (κ1) is 24.6. The Balaban J connectivity index is 0.000000366. The summed E-state index contributed by atoms with van der Waals surface area (Å²) in [5.41, 5.74) is 5.24. The van der Waals surface area contributed by atoms with Crippen molar-refractivity contribution >= 4 is 17.6 Å². The molecular weight excluding hydrogens is 407 g/mol. The average Bonchev–Trinajstić information content (AvgIpc) is 2.98. The van der Waals surface area contributed by atoms with Crippen molar-refractivity contribution in [1.82, 2.24) is 5.32 Å². The highest BCUT2D eigenvalue weighted by Gasteiger charge is 2.26. The second-order valence-corrected chi connectivity index (χ2v) is 7.27. The number of carboxylic acids is 2. The van der Waals surface area contributed by atoms with Gasteiger partial charge in [-0.15, -0.1) is 0 Å². The smallest absolute Gasteiger partial charge is 0.328 e. The molecule has 2 aliphatic rings. The number of rotatable bonds is 7. The van der Waals surface area contributed by atoms with Gasteiger partial charge in [0.15, 0.2) is 0 Å². The zero-order valence-corrected chi connectivity index (χ0v) is 18.0. The number of alkyl halides is 1. The maximum absolute atomic E-state index is 13.2. The molecule has 0 aromatic heterocycles. The Bertz CT molecular complexity index is 783. The molecule has 3 N–H and O–H groups in total. The van der Waals surface area contributed by atoms with E-state index in [2.05, 4.69) is 23.2 Å². The van der Waals surface area contributed by atoms with Crippen molar-refractivity contribution in [2.45, 2.75) is 32.8 Å². The monoisotopic (exact) mass is 438 g/mol. The summed E-state index contributed by atoms with van der Waals surface area (Å²) < 4.78 is 24.6. The lowest BCUT2D eigenvalue weighted by molar-refractivity contribution is -0.134. The second kappa shape index (κ2) is 12.3. The highest BCUT2D eigenvalue weighted by Crippen LogP contribution is 2.39. The largest absolute Gasteiger partial charge is 0.490 e. The number of hydrogen-bond donors (Lipinski definition) is 3. The molecule has 0 unspecified atom stereocenters. The summed E-state index contributed by atoms with van der Waals surface area (Å²) in [5, 5.41) is 19.1. The summed E-state index contributed by atoms with van der Waals surface area (Å²) in [7, 11) is 0. The second-order valence-electron chi connectivity index (χ2n) is 7.27. The van der Waals surface area contributed by atoms with Crippen LogP contribution in [0, 0.1) is 6.92 Å². The van der Waals surface area contributed by atoms with Gasteiger partial charge in [-0.3, -0.25) is 0 Å². The fraction of sp³-hybridized carbons (Fsp3) is 0.545. The van der Waals surface area contributed by atoms with Crippen molar-refractivity contribution in [3.05, 3.63) is 34.9 Å². The Kier molecular flexibility index (Phi) is 9.74. The van der Waals surface area contributed by atoms with Crippen LogP contribution in [0.15, 0.2) is 18.2 Å². The van der Waals surface area contributed by atoms with E-state index in [-0.39, 0.29) is 6.10 Å². The van der Waals surface area contributed by atoms with Gasteiger partial charge in [-0.05, 0) is 62.5 Å². The molecule has 1 atom stereocenters. The number of carbonyl (C=O) groups is 2. The van der Waals surface area contributed by atoms with E-state index in [1.165, 1.54) is 16.7 Å². The SMILES string of the molecule is CCO[C@H](CF)CN1CCOc2cc3c(c(C)c21)CCNCC3.O=C(O)/C=C/C(=O)O. The number of halogens is 1. The van der Waals surface area contributed by atoms with Crippen LogP contribution in [0.25, 0.3) is 0 Å². The minimum absolute atomic E-state index is 0.370. The quantitative estimate of drug-likeness (QED) is 0.555. The van der Waals surface area contributed by atoms with Crippen LogP contribution in [-0.2, 0) is 27.2 Å². The minimum atomic E-state index is -1.26. The highest BCUT2D eigenvalue weighted by atomic mass is 19.1. The van der Waals surface area contributed by atoms with Gasteiger partial charge in [-0.1, -0.05) is 0 Å². The summed E-state index contributed by atoms with van der Waals surface area (Å²) in [5.74, 6) is -1.57. The number of carboxylic acid groups (broad SMARTS) is 2. The number of benzene rings is 1. The van der Waals surface area contributed by atoms with Gasteiger partial charge >= 0.3 is 11.9 Å². The molecule has 8 nitrogen and oxygen atoms in total. The Labute approximate surface area is 181 Å². The zero-order chi connectivity index (χ0) is 22.8. The lowest BCUT2D eigenvalue weighted by atomic mass is 9.94. The molecule has 0 amide bonds. The number of anilines is 1. The van der Waals surface area contributed by atoms with Crippen molar-refractivity contribution in [2.24, 2.45) is 0 Å². The van der Waals surface area contributed by atoms with Gasteiger partial charge in [0.2, 0.25) is 0 Å². The van der Waals surface area contributed by atoms with E-state index < -0.39 is 18.6 Å². The summed E-state index contributed by atoms with van der Waals surface area (Å²) >= 11 is 0. The molecule has 1 aromatic rings. The molecule has 2 heterocycles. The van der Waals surface area contributed by atoms with E-state index in [1.54, 1.807) is 0 Å². The molecule has 0 saturated carbocycles. The van der Waals surface area contributed by atoms with Gasteiger partial charge in [-0.25, -0.2) is 14.0 Å². The predicted molar refractivity (Wildman–Crippen MR) is 115 cm³/mol. The molecule has 0 fully saturated rings. The van der Waals surface area contributed by atoms with Crippen molar-refractivity contribution < 1.29 is 33.7 Å². The Morgan fingerprint density at radius 1 is 1.29 bits per heavy atom. The third kappa shape index (κ3) is 7.22. The van der Waals surface area contributed by atoms with Gasteiger partial charge in [0.05, 0.1) is 12.2 Å². The van der Waals surface area contributed by atoms with Crippen molar-refractivity contribution in [1.29, 1.82) is 0 Å². The Hall–Kier alpha value is -2.65. The number of aliphatic carboxylic acids is 2. The third-order valence-corrected chi connectivity index (χ3v) is 5.16. The fourth-order valence-electron chi connectivity index (χ4n) is 3.85. The summed E-state index contributed by atoms with van der Waals surface area (Å²) in [4.78, 5) is 21.3. The van der Waals surface area contributed by atoms with Crippen LogP contribution in [-0.4, -0.2) is 74.3 Å². The molecule has 31 heavy (non-hydrogen) atoms. The standard InChI is InChI=1S/C18H27FN2O2.C4H4O4/c1-3-22-15(11-19)12-21-8-9-23-17-10-14-4-6-20-7-5-16(14)13(2)18(17)21;5-3(6)1-2-4(7)8/h10,15,20H,3-9,11-12H2,1-2H3;1-2H,(H,5,6)(H,7,8)/b;2-1+/t15-;/m1./s1. The molecule has 0 aliphatic carbocycles. The van der Waals surface area contributed by atoms with Gasteiger partial charge in [0, 0.05) is 25.3 Å². The first-order chi connectivity index (χ1) is 14.9. The molecular formula is C22H31FN2O6. The first-order valence-corrected chi connectivity index (χ1v) is 10.4. The number of fused-ring (bicyclic) bond motifs is 2. The minimum Gasteiger partial charge on any atom is -0.490 e. The molecule has 3 rings (SSSR count). The topological polar surface area (TPSA) is 108 Å². The van der Waals surface area contributed by atoms with Crippen molar-refractivity contribution in [3.8, 4) is 5.75 Å². The summed E-state index contributed by atoms with van der Waals surface area (Å²) in [6, 6.07) is 2.20. The molecule has 2 aliphatic heterocycles. The number of ether oxygens (including phenoxy) is 2. The van der Waals surface area contributed by atoms with E-state index in [1.807, 2.05) is 6.92 Å². The number of nitrogens with one attached hydrogen (secondary N) is 1. The molecule has 1 aromatic carbocycles. The molecule has 0 bridgehead atoms. The molecule has 172 valence electrons. The normalized spacial score (nSPS) is 16.3. The van der Waals surface area contributed by atoms with E-state index in [9.17, 15) is 14.0 Å². The van der Waals surface area contributed by atoms with Gasteiger partial charge in [0.25, 0.3) is 0 Å². The Morgan fingerprint density at radius 3 is 2.58 bits per heavy atom. The maximum atomic E-state index is 13.2. The fourth-order valence-corrected chi connectivity index (χ4v) is 3.85. The molecule has 0 spiro atoms. The highest BCUT2D eigenvalue weighted by molar-refractivity contribution is 5.89. The van der Waals surface area contributed by atoms with Crippen LogP contribution in [0.5, 0.6) is 5.75 Å². The maximum Gasteiger partial charge on any atom is 0.328 e. The van der Waals surface area contributed by atoms with Gasteiger partial charge < -0.3 is 29.9 Å². The van der Waals surface area contributed by atoms with Crippen LogP contribution in [0.4, 0.5) is 10.1 Å². The van der Waals surface area contributed by atoms with Gasteiger partial charge in [-0.2, -0.15) is 0 Å². The molecule has 0 radical (unpaired) electrons. The number of nitrogens with zero attached hydrogens (tertiary/aromatic N) is 1. The molecule has 0 saturated heterocycles.